The van der Waals surface area contributed by atoms with E-state index in [1.807, 2.05) is 59.5 Å². The van der Waals surface area contributed by atoms with Crippen LogP contribution in [0, 0.1) is 0 Å². The van der Waals surface area contributed by atoms with Crippen molar-refractivity contribution in [2.75, 3.05) is 13.2 Å². The van der Waals surface area contributed by atoms with Crippen molar-refractivity contribution in [3.8, 4) is 0 Å². The van der Waals surface area contributed by atoms with E-state index >= 15 is 0 Å². The molecule has 1 atom stereocenters. The number of carbonyl (C=O) groups excluding carboxylic acids is 1. The van der Waals surface area contributed by atoms with Crippen molar-refractivity contribution in [3.63, 3.8) is 0 Å². The number of halogens is 1. The van der Waals surface area contributed by atoms with Gasteiger partial charge in [0.2, 0.25) is 0 Å². The van der Waals surface area contributed by atoms with Crippen LogP contribution in [0.25, 0.3) is 0 Å². The molecule has 1 aliphatic carbocycles. The van der Waals surface area contributed by atoms with Crippen LogP contribution in [0.5, 0.6) is 0 Å². The summed E-state index contributed by atoms with van der Waals surface area (Å²) in [5.41, 5.74) is 0.507. The number of carboxylic acids is 1. The quantitative estimate of drug-likeness (QED) is 0.566. The van der Waals surface area contributed by atoms with E-state index < -0.39 is 23.7 Å². The van der Waals surface area contributed by atoms with Crippen molar-refractivity contribution >= 4 is 28.0 Å². The molecule has 2 aromatic rings. The van der Waals surface area contributed by atoms with E-state index in [2.05, 4.69) is 15.9 Å². The molecule has 6 nitrogen and oxygen atoms in total. The van der Waals surface area contributed by atoms with Crippen LogP contribution in [-0.4, -0.2) is 40.8 Å². The first kappa shape index (κ1) is 22.8. The number of carbonyl (C=O) groups is 2. The maximum Gasteiger partial charge on any atom is 0.410 e. The first-order valence-corrected chi connectivity index (χ1v) is 11.8. The number of likely N-dealkylation sites (tertiary alicyclic amines) is 1. The normalized spacial score (nSPS) is 22.1. The summed E-state index contributed by atoms with van der Waals surface area (Å²) in [7, 11) is 0. The fraction of sp³-hybridized carbons (Fsp3) is 0.440. The molecule has 1 amide bonds. The van der Waals surface area contributed by atoms with E-state index in [1.54, 1.807) is 0 Å². The van der Waals surface area contributed by atoms with Gasteiger partial charge in [-0.25, -0.2) is 9.59 Å². The van der Waals surface area contributed by atoms with E-state index in [4.69, 9.17) is 9.47 Å². The number of hydrogen-bond acceptors (Lipinski definition) is 4. The Bertz CT molecular complexity index is 960. The molecule has 170 valence electrons. The number of nitrogens with zero attached hydrogens (tertiary/aromatic N) is 1. The summed E-state index contributed by atoms with van der Waals surface area (Å²) in [4.78, 5) is 26.6. The molecule has 0 radical (unpaired) electrons. The Morgan fingerprint density at radius 1 is 1.03 bits per heavy atom. The summed E-state index contributed by atoms with van der Waals surface area (Å²) in [6, 6.07) is 17.3. The molecule has 1 aliphatic heterocycles. The van der Waals surface area contributed by atoms with Crippen molar-refractivity contribution in [3.05, 3.63) is 70.2 Å². The fourth-order valence-corrected chi connectivity index (χ4v) is 5.56. The topological polar surface area (TPSA) is 76.1 Å². The van der Waals surface area contributed by atoms with Gasteiger partial charge in [0.15, 0.2) is 0 Å². The number of hydrogen-bond donors (Lipinski definition) is 1. The number of aliphatic carboxylic acids is 1. The summed E-state index contributed by atoms with van der Waals surface area (Å²) in [6.45, 7) is 0.0476. The van der Waals surface area contributed by atoms with Gasteiger partial charge in [-0.1, -0.05) is 77.7 Å². The lowest BCUT2D eigenvalue weighted by Gasteiger charge is -2.40. The van der Waals surface area contributed by atoms with E-state index in [-0.39, 0.29) is 19.2 Å². The van der Waals surface area contributed by atoms with Crippen LogP contribution in [0.2, 0.25) is 0 Å². The molecule has 1 unspecified atom stereocenters. The van der Waals surface area contributed by atoms with E-state index in [0.29, 0.717) is 6.42 Å². The van der Waals surface area contributed by atoms with Crippen LogP contribution in [-0.2, 0) is 26.5 Å². The number of ether oxygens (including phenoxy) is 2. The van der Waals surface area contributed by atoms with E-state index in [0.717, 1.165) is 47.7 Å². The molecule has 1 saturated heterocycles. The molecule has 0 bridgehead atoms. The zero-order valence-corrected chi connectivity index (χ0v) is 19.6. The molecule has 2 aliphatic rings. The first-order valence-electron chi connectivity index (χ1n) is 11.0. The van der Waals surface area contributed by atoms with Crippen LogP contribution in [0.4, 0.5) is 4.79 Å². The predicted molar refractivity (Wildman–Crippen MR) is 123 cm³/mol. The average Bonchev–Trinajstić information content (AvgIpc) is 3.12. The maximum absolute atomic E-state index is 13.3. The summed E-state index contributed by atoms with van der Waals surface area (Å²) in [6.07, 6.45) is 5.09. The second kappa shape index (κ2) is 9.63. The third-order valence-electron chi connectivity index (χ3n) is 6.63. The SMILES string of the molecule is O=C(O)COC1(c2cccc(Br)c2)CN(C(=O)OCc2ccccc2)C2(CCCCC2)C1. The minimum atomic E-state index is -1.03. The zero-order chi connectivity index (χ0) is 22.6. The van der Waals surface area contributed by atoms with Gasteiger partial charge in [-0.15, -0.1) is 0 Å². The van der Waals surface area contributed by atoms with E-state index in [9.17, 15) is 14.7 Å². The Balaban J connectivity index is 1.65. The number of amides is 1. The third-order valence-corrected chi connectivity index (χ3v) is 7.13. The van der Waals surface area contributed by atoms with Crippen molar-refractivity contribution in [2.45, 2.75) is 56.3 Å². The summed E-state index contributed by atoms with van der Waals surface area (Å²) in [5, 5.41) is 9.34. The smallest absolute Gasteiger partial charge is 0.410 e. The van der Waals surface area contributed by atoms with Gasteiger partial charge >= 0.3 is 12.1 Å². The number of carboxylic acid groups (broad SMARTS) is 1. The van der Waals surface area contributed by atoms with Gasteiger partial charge < -0.3 is 14.6 Å². The van der Waals surface area contributed by atoms with Gasteiger partial charge in [-0.2, -0.15) is 0 Å². The number of benzene rings is 2. The predicted octanol–water partition coefficient (Wildman–Crippen LogP) is 5.49. The van der Waals surface area contributed by atoms with Crippen LogP contribution in [0.15, 0.2) is 59.1 Å². The molecule has 0 aromatic heterocycles. The Hall–Kier alpha value is -2.38. The van der Waals surface area contributed by atoms with Gasteiger partial charge in [0.1, 0.15) is 18.8 Å². The molecule has 32 heavy (non-hydrogen) atoms. The van der Waals surface area contributed by atoms with E-state index in [1.165, 1.54) is 0 Å². The lowest BCUT2D eigenvalue weighted by molar-refractivity contribution is -0.150. The van der Waals surface area contributed by atoms with Crippen molar-refractivity contribution in [1.29, 1.82) is 0 Å². The largest absolute Gasteiger partial charge is 0.480 e. The van der Waals surface area contributed by atoms with Crippen molar-refractivity contribution in [1.82, 2.24) is 4.90 Å². The minimum absolute atomic E-state index is 0.201. The molecule has 2 fully saturated rings. The second-order valence-corrected chi connectivity index (χ2v) is 9.69. The highest BCUT2D eigenvalue weighted by atomic mass is 79.9. The van der Waals surface area contributed by atoms with Gasteiger partial charge in [-0.3, -0.25) is 4.90 Å². The van der Waals surface area contributed by atoms with Gasteiger partial charge in [0, 0.05) is 16.4 Å². The van der Waals surface area contributed by atoms with Gasteiger partial charge in [0.05, 0.1) is 6.54 Å². The molecule has 7 heteroatoms. The Labute approximate surface area is 196 Å². The standard InChI is InChI=1S/C25H28BrNO5/c26-21-11-7-10-20(14-21)25(32-16-22(28)29)17-24(12-5-2-6-13-24)27(18-25)23(30)31-15-19-8-3-1-4-9-19/h1,3-4,7-11,14H,2,5-6,12-13,15-18H2,(H,28,29). The highest BCUT2D eigenvalue weighted by molar-refractivity contribution is 9.10. The van der Waals surface area contributed by atoms with Crippen LogP contribution >= 0.6 is 15.9 Å². The lowest BCUT2D eigenvalue weighted by Crippen LogP contribution is -2.48. The Morgan fingerprint density at radius 2 is 1.78 bits per heavy atom. The molecule has 4 rings (SSSR count). The average molecular weight is 502 g/mol. The molecule has 1 spiro atoms. The zero-order valence-electron chi connectivity index (χ0n) is 18.0. The molecule has 2 aromatic carbocycles. The molecule has 1 heterocycles. The Kier molecular flexibility index (Phi) is 6.86. The summed E-state index contributed by atoms with van der Waals surface area (Å²) < 4.78 is 12.7. The van der Waals surface area contributed by atoms with Crippen molar-refractivity contribution < 1.29 is 24.2 Å². The van der Waals surface area contributed by atoms with Crippen LogP contribution < -0.4 is 0 Å². The van der Waals surface area contributed by atoms with Gasteiger partial charge in [-0.05, 0) is 36.1 Å². The fourth-order valence-electron chi connectivity index (χ4n) is 5.16. The van der Waals surface area contributed by atoms with Crippen molar-refractivity contribution in [2.24, 2.45) is 0 Å². The molecule has 1 saturated carbocycles. The first-order chi connectivity index (χ1) is 15.4. The third kappa shape index (κ3) is 4.84. The monoisotopic (exact) mass is 501 g/mol. The van der Waals surface area contributed by atoms with Crippen LogP contribution in [0.3, 0.4) is 0 Å². The maximum atomic E-state index is 13.3. The highest BCUT2D eigenvalue weighted by Crippen LogP contribution is 2.51. The van der Waals surface area contributed by atoms with Gasteiger partial charge in [0.25, 0.3) is 0 Å². The molecular formula is C25H28BrNO5. The second-order valence-electron chi connectivity index (χ2n) is 8.78. The molecular weight excluding hydrogens is 474 g/mol. The Morgan fingerprint density at radius 3 is 2.47 bits per heavy atom. The highest BCUT2D eigenvalue weighted by Gasteiger charge is 2.57. The van der Waals surface area contributed by atoms with Crippen LogP contribution in [0.1, 0.15) is 49.7 Å². The summed E-state index contributed by atoms with van der Waals surface area (Å²) >= 11 is 3.52. The molecule has 1 N–H and O–H groups in total. The minimum Gasteiger partial charge on any atom is -0.480 e. The lowest BCUT2D eigenvalue weighted by atomic mass is 9.76. The number of rotatable bonds is 6. The summed E-state index contributed by atoms with van der Waals surface area (Å²) in [5.74, 6) is -1.03.